The first-order valence-corrected chi connectivity index (χ1v) is 9.80. The van der Waals surface area contributed by atoms with Crippen molar-refractivity contribution in [3.05, 3.63) is 0 Å². The third-order valence-corrected chi connectivity index (χ3v) is 6.28. The lowest BCUT2D eigenvalue weighted by molar-refractivity contribution is 0.211. The SMILES string of the molecule is NCCCCCN1CCCN(C2CCS(=O)(=O)C2)CC1. The Kier molecular flexibility index (Phi) is 6.26. The Balaban J connectivity index is 1.72. The van der Waals surface area contributed by atoms with Crippen molar-refractivity contribution in [3.8, 4) is 0 Å². The van der Waals surface area contributed by atoms with Crippen LogP contribution in [-0.4, -0.2) is 75.0 Å². The number of rotatable bonds is 6. The summed E-state index contributed by atoms with van der Waals surface area (Å²) in [6, 6.07) is 0.275. The van der Waals surface area contributed by atoms with Gasteiger partial charge in [-0.05, 0) is 51.9 Å². The van der Waals surface area contributed by atoms with Gasteiger partial charge in [0.05, 0.1) is 11.5 Å². The summed E-state index contributed by atoms with van der Waals surface area (Å²) < 4.78 is 23.2. The lowest BCUT2D eigenvalue weighted by atomic mass is 10.2. The summed E-state index contributed by atoms with van der Waals surface area (Å²) >= 11 is 0. The maximum Gasteiger partial charge on any atom is 0.151 e. The van der Waals surface area contributed by atoms with Gasteiger partial charge in [-0.25, -0.2) is 8.42 Å². The highest BCUT2D eigenvalue weighted by Gasteiger charge is 2.32. The van der Waals surface area contributed by atoms with Gasteiger partial charge in [0.25, 0.3) is 0 Å². The van der Waals surface area contributed by atoms with Gasteiger partial charge in [0, 0.05) is 19.1 Å². The van der Waals surface area contributed by atoms with Crippen molar-refractivity contribution >= 4 is 9.84 Å². The van der Waals surface area contributed by atoms with Crippen LogP contribution in [0.15, 0.2) is 0 Å². The van der Waals surface area contributed by atoms with Gasteiger partial charge in [0.2, 0.25) is 0 Å². The van der Waals surface area contributed by atoms with Gasteiger partial charge in [0.15, 0.2) is 9.84 Å². The number of nitrogens with two attached hydrogens (primary N) is 1. The summed E-state index contributed by atoms with van der Waals surface area (Å²) in [6.07, 6.45) is 5.57. The minimum Gasteiger partial charge on any atom is -0.330 e. The van der Waals surface area contributed by atoms with Crippen LogP contribution in [0.3, 0.4) is 0 Å². The van der Waals surface area contributed by atoms with E-state index in [9.17, 15) is 8.42 Å². The molecular weight excluding hydrogens is 274 g/mol. The number of hydrogen-bond acceptors (Lipinski definition) is 5. The standard InChI is InChI=1S/C14H29N3O2S/c15-6-2-1-3-7-16-8-4-9-17(11-10-16)14-5-12-20(18,19)13-14/h14H,1-13,15H2. The molecule has 0 amide bonds. The zero-order chi connectivity index (χ0) is 14.4. The molecule has 0 radical (unpaired) electrons. The second kappa shape index (κ2) is 7.73. The van der Waals surface area contributed by atoms with Gasteiger partial charge in [-0.2, -0.15) is 0 Å². The fourth-order valence-electron chi connectivity index (χ4n) is 3.30. The average molecular weight is 303 g/mol. The van der Waals surface area contributed by atoms with Crippen LogP contribution in [0.1, 0.15) is 32.1 Å². The monoisotopic (exact) mass is 303 g/mol. The van der Waals surface area contributed by atoms with E-state index in [1.54, 1.807) is 0 Å². The van der Waals surface area contributed by atoms with Crippen LogP contribution >= 0.6 is 0 Å². The molecule has 0 aromatic carbocycles. The highest BCUT2D eigenvalue weighted by atomic mass is 32.2. The van der Waals surface area contributed by atoms with E-state index in [-0.39, 0.29) is 6.04 Å². The summed E-state index contributed by atoms with van der Waals surface area (Å²) in [5.41, 5.74) is 5.51. The van der Waals surface area contributed by atoms with E-state index < -0.39 is 9.84 Å². The molecule has 2 saturated heterocycles. The number of unbranched alkanes of at least 4 members (excludes halogenated alkanes) is 2. The number of hydrogen-bond donors (Lipinski definition) is 1. The third kappa shape index (κ3) is 4.98. The van der Waals surface area contributed by atoms with Crippen LogP contribution in [0.25, 0.3) is 0 Å². The molecule has 6 heteroatoms. The molecule has 0 saturated carbocycles. The molecule has 5 nitrogen and oxygen atoms in total. The Labute approximate surface area is 123 Å². The minimum atomic E-state index is -2.76. The Hall–Kier alpha value is -0.170. The van der Waals surface area contributed by atoms with Gasteiger partial charge >= 0.3 is 0 Å². The van der Waals surface area contributed by atoms with Crippen molar-refractivity contribution in [2.75, 3.05) is 50.8 Å². The molecule has 2 fully saturated rings. The molecule has 2 aliphatic rings. The van der Waals surface area contributed by atoms with Crippen LogP contribution in [0, 0.1) is 0 Å². The lowest BCUT2D eigenvalue weighted by Gasteiger charge is -2.26. The van der Waals surface area contributed by atoms with Gasteiger partial charge in [-0.15, -0.1) is 0 Å². The van der Waals surface area contributed by atoms with Crippen LogP contribution in [0.5, 0.6) is 0 Å². The smallest absolute Gasteiger partial charge is 0.151 e. The van der Waals surface area contributed by atoms with Gasteiger partial charge in [-0.3, -0.25) is 4.90 Å². The average Bonchev–Trinajstić information content (AvgIpc) is 2.64. The summed E-state index contributed by atoms with van der Waals surface area (Å²) in [7, 11) is -2.76. The topological polar surface area (TPSA) is 66.6 Å². The van der Waals surface area contributed by atoms with E-state index in [0.717, 1.165) is 58.5 Å². The van der Waals surface area contributed by atoms with Crippen LogP contribution in [0.2, 0.25) is 0 Å². The van der Waals surface area contributed by atoms with Gasteiger partial charge in [-0.1, -0.05) is 6.42 Å². The van der Waals surface area contributed by atoms with Crippen molar-refractivity contribution in [1.29, 1.82) is 0 Å². The molecule has 20 heavy (non-hydrogen) atoms. The van der Waals surface area contributed by atoms with E-state index in [4.69, 9.17) is 5.73 Å². The van der Waals surface area contributed by atoms with Crippen LogP contribution < -0.4 is 5.73 Å². The first-order chi connectivity index (χ1) is 9.61. The summed E-state index contributed by atoms with van der Waals surface area (Å²) in [5.74, 6) is 0.764. The zero-order valence-corrected chi connectivity index (χ0v) is 13.3. The molecular formula is C14H29N3O2S. The largest absolute Gasteiger partial charge is 0.330 e. The fraction of sp³-hybridized carbons (Fsp3) is 1.00. The molecule has 0 aromatic rings. The Morgan fingerprint density at radius 3 is 2.60 bits per heavy atom. The maximum atomic E-state index is 11.6. The number of sulfone groups is 1. The Bertz CT molecular complexity index is 386. The van der Waals surface area contributed by atoms with Crippen LogP contribution in [0.4, 0.5) is 0 Å². The molecule has 0 bridgehead atoms. The molecule has 2 heterocycles. The second-order valence-electron chi connectivity index (χ2n) is 6.14. The number of nitrogens with zero attached hydrogens (tertiary/aromatic N) is 2. The quantitative estimate of drug-likeness (QED) is 0.715. The fourth-order valence-corrected chi connectivity index (χ4v) is 5.06. The van der Waals surface area contributed by atoms with Crippen molar-refractivity contribution in [2.45, 2.75) is 38.1 Å². The highest BCUT2D eigenvalue weighted by Crippen LogP contribution is 2.19. The van der Waals surface area contributed by atoms with Crippen molar-refractivity contribution in [2.24, 2.45) is 5.73 Å². The Morgan fingerprint density at radius 1 is 1.05 bits per heavy atom. The predicted molar refractivity (Wildman–Crippen MR) is 82.6 cm³/mol. The molecule has 1 unspecified atom stereocenters. The summed E-state index contributed by atoms with van der Waals surface area (Å²) in [5, 5.41) is 0. The second-order valence-corrected chi connectivity index (χ2v) is 8.37. The lowest BCUT2D eigenvalue weighted by Crippen LogP contribution is -2.39. The van der Waals surface area contributed by atoms with Crippen molar-refractivity contribution < 1.29 is 8.42 Å². The molecule has 2 aliphatic heterocycles. The van der Waals surface area contributed by atoms with E-state index >= 15 is 0 Å². The van der Waals surface area contributed by atoms with Gasteiger partial charge < -0.3 is 10.6 Å². The first-order valence-electron chi connectivity index (χ1n) is 7.97. The van der Waals surface area contributed by atoms with Gasteiger partial charge in [0.1, 0.15) is 0 Å². The van der Waals surface area contributed by atoms with Crippen molar-refractivity contribution in [1.82, 2.24) is 9.80 Å². The van der Waals surface area contributed by atoms with E-state index in [1.165, 1.54) is 12.8 Å². The van der Waals surface area contributed by atoms with Crippen LogP contribution in [-0.2, 0) is 9.84 Å². The van der Waals surface area contributed by atoms with E-state index in [0.29, 0.717) is 11.5 Å². The highest BCUT2D eigenvalue weighted by molar-refractivity contribution is 7.91. The van der Waals surface area contributed by atoms with E-state index in [1.807, 2.05) is 0 Å². The van der Waals surface area contributed by atoms with E-state index in [2.05, 4.69) is 9.80 Å². The third-order valence-electron chi connectivity index (χ3n) is 4.53. The van der Waals surface area contributed by atoms with Crippen molar-refractivity contribution in [3.63, 3.8) is 0 Å². The molecule has 0 spiro atoms. The maximum absolute atomic E-state index is 11.6. The molecule has 2 N–H and O–H groups in total. The summed E-state index contributed by atoms with van der Waals surface area (Å²) in [6.45, 7) is 6.27. The first kappa shape index (κ1) is 16.2. The molecule has 0 aliphatic carbocycles. The molecule has 0 aromatic heterocycles. The summed E-state index contributed by atoms with van der Waals surface area (Å²) in [4.78, 5) is 4.93. The normalized spacial score (nSPS) is 28.6. The Morgan fingerprint density at radius 2 is 1.90 bits per heavy atom. The zero-order valence-electron chi connectivity index (χ0n) is 12.5. The minimum absolute atomic E-state index is 0.275. The molecule has 2 rings (SSSR count). The molecule has 1 atom stereocenters. The predicted octanol–water partition coefficient (Wildman–Crippen LogP) is 0.310. The molecule has 118 valence electrons.